The number of methoxy groups -OCH3 is 1. The molecule has 0 saturated heterocycles. The monoisotopic (exact) mass is 400 g/mol. The van der Waals surface area contributed by atoms with Crippen LogP contribution in [0.3, 0.4) is 0 Å². The van der Waals surface area contributed by atoms with Gasteiger partial charge in [-0.05, 0) is 24.0 Å². The molecule has 150 valence electrons. The minimum atomic E-state index is -0.360. The Hall–Kier alpha value is -2.05. The zero-order valence-corrected chi connectivity index (χ0v) is 17.6. The van der Waals surface area contributed by atoms with Gasteiger partial charge in [-0.1, -0.05) is 57.0 Å². The predicted octanol–water partition coefficient (Wildman–Crippen LogP) is 5.73. The number of nitrogens with zero attached hydrogens (tertiary/aromatic N) is 1. The topological polar surface area (TPSA) is 64.4 Å². The molecular formula is C22H28N2O3S. The van der Waals surface area contributed by atoms with E-state index in [1.165, 1.54) is 7.11 Å². The second kappa shape index (κ2) is 8.97. The maximum atomic E-state index is 11.6. The number of nitrogens with one attached hydrogen (secondary N) is 1. The Bertz CT molecular complexity index is 828. The number of hydrogen-bond acceptors (Lipinski definition) is 5. The van der Waals surface area contributed by atoms with Gasteiger partial charge in [0.05, 0.1) is 18.1 Å². The van der Waals surface area contributed by atoms with E-state index in [2.05, 4.69) is 31.3 Å². The van der Waals surface area contributed by atoms with Gasteiger partial charge >= 0.3 is 5.69 Å². The molecule has 0 spiro atoms. The molecule has 0 aromatic heterocycles. The molecule has 6 heteroatoms. The Morgan fingerprint density at radius 2 is 2.04 bits per heavy atom. The molecule has 1 heterocycles. The molecule has 0 radical (unpaired) electrons. The fourth-order valence-electron chi connectivity index (χ4n) is 3.81. The first-order valence-electron chi connectivity index (χ1n) is 9.85. The van der Waals surface area contributed by atoms with Gasteiger partial charge in [0.25, 0.3) is 0 Å². The van der Waals surface area contributed by atoms with E-state index in [1.54, 1.807) is 17.8 Å². The summed E-state index contributed by atoms with van der Waals surface area (Å²) in [4.78, 5) is 12.3. The van der Waals surface area contributed by atoms with Gasteiger partial charge in [-0.2, -0.15) is 0 Å². The van der Waals surface area contributed by atoms with E-state index < -0.39 is 0 Å². The highest BCUT2D eigenvalue weighted by molar-refractivity contribution is 7.99. The Morgan fingerprint density at radius 1 is 1.29 bits per heavy atom. The van der Waals surface area contributed by atoms with Crippen LogP contribution in [0.1, 0.15) is 56.7 Å². The Balaban J connectivity index is 2.14. The molecule has 0 fully saturated rings. The quantitative estimate of drug-likeness (QED) is 0.475. The van der Waals surface area contributed by atoms with Crippen molar-refractivity contribution in [1.29, 1.82) is 0 Å². The molecule has 2 aromatic rings. The number of nitro groups is 1. The van der Waals surface area contributed by atoms with E-state index in [0.29, 0.717) is 5.75 Å². The van der Waals surface area contributed by atoms with Crippen molar-refractivity contribution < 1.29 is 9.66 Å². The Morgan fingerprint density at radius 3 is 2.64 bits per heavy atom. The number of nitro benzene ring substituents is 1. The molecule has 5 nitrogen and oxygen atoms in total. The van der Waals surface area contributed by atoms with Crippen LogP contribution in [0.15, 0.2) is 47.4 Å². The molecule has 0 saturated carbocycles. The zero-order valence-electron chi connectivity index (χ0n) is 16.7. The molecule has 3 rings (SSSR count). The van der Waals surface area contributed by atoms with E-state index in [1.807, 2.05) is 24.3 Å². The van der Waals surface area contributed by atoms with Crippen molar-refractivity contribution in [3.05, 3.63) is 63.7 Å². The smallest absolute Gasteiger partial charge is 0.311 e. The minimum Gasteiger partial charge on any atom is -0.490 e. The molecule has 28 heavy (non-hydrogen) atoms. The average molecular weight is 401 g/mol. The maximum absolute atomic E-state index is 11.6. The number of hydrogen-bond donors (Lipinski definition) is 1. The third kappa shape index (κ3) is 4.18. The molecule has 0 aliphatic carbocycles. The van der Waals surface area contributed by atoms with Gasteiger partial charge in [-0.15, -0.1) is 11.8 Å². The summed E-state index contributed by atoms with van der Waals surface area (Å²) in [5.74, 6) is 1.25. The van der Waals surface area contributed by atoms with E-state index in [4.69, 9.17) is 4.74 Å². The molecule has 1 aliphatic rings. The summed E-state index contributed by atoms with van der Waals surface area (Å²) in [7, 11) is 1.49. The van der Waals surface area contributed by atoms with Crippen LogP contribution in [0, 0.1) is 10.1 Å². The highest BCUT2D eigenvalue weighted by Gasteiger charge is 2.37. The number of unbranched alkanes of at least 4 members (excludes halogenated alkanes) is 1. The minimum absolute atomic E-state index is 0.0117. The van der Waals surface area contributed by atoms with Crippen LogP contribution in [0.25, 0.3) is 0 Å². The van der Waals surface area contributed by atoms with Gasteiger partial charge in [-0.3, -0.25) is 15.4 Å². The molecule has 0 amide bonds. The lowest BCUT2D eigenvalue weighted by Gasteiger charge is -2.36. The van der Waals surface area contributed by atoms with Crippen molar-refractivity contribution in [3.8, 4) is 5.75 Å². The summed E-state index contributed by atoms with van der Waals surface area (Å²) in [5.41, 5.74) is 2.08. The van der Waals surface area contributed by atoms with Crippen LogP contribution < -0.4 is 10.1 Å². The fraction of sp³-hybridized carbons (Fsp3) is 0.455. The van der Waals surface area contributed by atoms with Gasteiger partial charge in [-0.25, -0.2) is 0 Å². The molecular weight excluding hydrogens is 372 g/mol. The van der Waals surface area contributed by atoms with Gasteiger partial charge < -0.3 is 4.74 Å². The summed E-state index contributed by atoms with van der Waals surface area (Å²) in [6.45, 7) is 4.44. The zero-order chi connectivity index (χ0) is 20.1. The van der Waals surface area contributed by atoms with Gasteiger partial charge in [0.15, 0.2) is 5.75 Å². The lowest BCUT2D eigenvalue weighted by atomic mass is 9.88. The largest absolute Gasteiger partial charge is 0.490 e. The van der Waals surface area contributed by atoms with Crippen LogP contribution in [0.4, 0.5) is 5.69 Å². The first-order valence-corrected chi connectivity index (χ1v) is 10.8. The molecule has 1 aliphatic heterocycles. The normalized spacial score (nSPS) is 21.6. The fourth-order valence-corrected chi connectivity index (χ4v) is 5.21. The van der Waals surface area contributed by atoms with Crippen molar-refractivity contribution in [2.24, 2.45) is 0 Å². The van der Waals surface area contributed by atoms with Gasteiger partial charge in [0, 0.05) is 28.3 Å². The SMILES string of the molecule is CCCC[C@]1(CC)CSc2cc(OC)c([N+](=O)[O-])cc2[C@@H](c2ccccc2)N1. The van der Waals surface area contributed by atoms with E-state index in [9.17, 15) is 10.1 Å². The van der Waals surface area contributed by atoms with Gasteiger partial charge in [0.2, 0.25) is 0 Å². The standard InChI is InChI=1S/C22H28N2O3S/c1-4-6-12-22(5-2)15-28-20-14-19(27-3)18(24(25)26)13-17(20)21(23-22)16-10-8-7-9-11-16/h7-11,13-14,21,23H,4-6,12,15H2,1-3H3/t21-,22-/m1/s1. The van der Waals surface area contributed by atoms with Crippen molar-refractivity contribution in [2.45, 2.75) is 56.0 Å². The second-order valence-electron chi connectivity index (χ2n) is 7.33. The second-order valence-corrected chi connectivity index (χ2v) is 8.35. The van der Waals surface area contributed by atoms with Crippen LogP contribution in [-0.2, 0) is 0 Å². The van der Waals surface area contributed by atoms with Crippen molar-refractivity contribution in [2.75, 3.05) is 12.9 Å². The summed E-state index contributed by atoms with van der Waals surface area (Å²) < 4.78 is 5.32. The lowest BCUT2D eigenvalue weighted by molar-refractivity contribution is -0.385. The van der Waals surface area contributed by atoms with E-state index in [-0.39, 0.29) is 22.2 Å². The lowest BCUT2D eigenvalue weighted by Crippen LogP contribution is -2.48. The van der Waals surface area contributed by atoms with Crippen LogP contribution >= 0.6 is 11.8 Å². The van der Waals surface area contributed by atoms with Crippen molar-refractivity contribution >= 4 is 17.4 Å². The first kappa shape index (κ1) is 20.7. The predicted molar refractivity (Wildman–Crippen MR) is 114 cm³/mol. The number of thioether (sulfide) groups is 1. The summed E-state index contributed by atoms with van der Waals surface area (Å²) >= 11 is 1.77. The number of ether oxygens (including phenoxy) is 1. The molecule has 2 aromatic carbocycles. The summed E-state index contributed by atoms with van der Waals surface area (Å²) in [5, 5.41) is 15.5. The van der Waals surface area contributed by atoms with Crippen LogP contribution in [0.2, 0.25) is 0 Å². The first-order chi connectivity index (χ1) is 13.5. The highest BCUT2D eigenvalue weighted by Crippen LogP contribution is 2.44. The summed E-state index contributed by atoms with van der Waals surface area (Å²) in [6, 6.07) is 13.7. The van der Waals surface area contributed by atoms with Crippen molar-refractivity contribution in [3.63, 3.8) is 0 Å². The third-order valence-corrected chi connectivity index (χ3v) is 6.95. The van der Waals surface area contributed by atoms with Crippen LogP contribution in [-0.4, -0.2) is 23.3 Å². The highest BCUT2D eigenvalue weighted by atomic mass is 32.2. The molecule has 2 atom stereocenters. The van der Waals surface area contributed by atoms with Crippen molar-refractivity contribution in [1.82, 2.24) is 5.32 Å². The average Bonchev–Trinajstić information content (AvgIpc) is 2.89. The number of benzene rings is 2. The number of fused-ring (bicyclic) bond motifs is 1. The molecule has 0 unspecified atom stereocenters. The Kier molecular flexibility index (Phi) is 6.62. The third-order valence-electron chi connectivity index (χ3n) is 5.59. The maximum Gasteiger partial charge on any atom is 0.311 e. The van der Waals surface area contributed by atoms with Crippen LogP contribution in [0.5, 0.6) is 5.75 Å². The Labute approximate surface area is 171 Å². The number of rotatable bonds is 7. The van der Waals surface area contributed by atoms with E-state index >= 15 is 0 Å². The molecule has 1 N–H and O–H groups in total. The summed E-state index contributed by atoms with van der Waals surface area (Å²) in [6.07, 6.45) is 4.40. The van der Waals surface area contributed by atoms with Gasteiger partial charge in [0.1, 0.15) is 0 Å². The van der Waals surface area contributed by atoms with E-state index in [0.717, 1.165) is 47.5 Å². The molecule has 0 bridgehead atoms.